The zero-order valence-electron chi connectivity index (χ0n) is 29.8. The van der Waals surface area contributed by atoms with Crippen molar-refractivity contribution in [1.82, 2.24) is 0 Å². The van der Waals surface area contributed by atoms with Crippen LogP contribution in [0.2, 0.25) is 0 Å². The summed E-state index contributed by atoms with van der Waals surface area (Å²) in [6.07, 6.45) is 0. The second-order valence-corrected chi connectivity index (χ2v) is 11.9. The summed E-state index contributed by atoms with van der Waals surface area (Å²) >= 11 is 0. The van der Waals surface area contributed by atoms with E-state index >= 15 is 0 Å². The van der Waals surface area contributed by atoms with Crippen molar-refractivity contribution in [3.8, 4) is 22.3 Å². The molecule has 0 spiro atoms. The average molecular weight is 575 g/mol. The Balaban J connectivity index is 1.21. The van der Waals surface area contributed by atoms with Gasteiger partial charge in [0.15, 0.2) is 0 Å². The molecule has 0 amide bonds. The van der Waals surface area contributed by atoms with E-state index in [1.165, 1.54) is 0 Å². The van der Waals surface area contributed by atoms with Crippen molar-refractivity contribution in [3.05, 3.63) is 145 Å². The van der Waals surface area contributed by atoms with E-state index in [4.69, 9.17) is 4.42 Å². The Hall–Kier alpha value is -5.92. The number of benzene rings is 10. The van der Waals surface area contributed by atoms with E-state index in [9.17, 15) is 8.22 Å². The molecule has 0 N–H and O–H groups in total. The molecule has 11 rings (SSSR count). The third kappa shape index (κ3) is 3.12. The van der Waals surface area contributed by atoms with Gasteiger partial charge in [-0.15, -0.1) is 0 Å². The molecule has 45 heavy (non-hydrogen) atoms. The van der Waals surface area contributed by atoms with Gasteiger partial charge in [0, 0.05) is 10.8 Å². The van der Waals surface area contributed by atoms with Gasteiger partial charge in [-0.05, 0) is 111 Å². The van der Waals surface area contributed by atoms with Crippen LogP contribution in [0.1, 0.15) is 8.22 Å². The Kier molecular flexibility index (Phi) is 3.48. The Bertz CT molecular complexity index is 3070. The van der Waals surface area contributed by atoms with Crippen LogP contribution in [0.25, 0.3) is 109 Å². The van der Waals surface area contributed by atoms with Crippen molar-refractivity contribution in [2.75, 3.05) is 0 Å². The van der Waals surface area contributed by atoms with Gasteiger partial charge in [-0.25, -0.2) is 0 Å². The highest BCUT2D eigenvalue weighted by Crippen LogP contribution is 2.43. The number of fused-ring (bicyclic) bond motifs is 3. The summed E-state index contributed by atoms with van der Waals surface area (Å²) in [5.74, 6) is 0. The van der Waals surface area contributed by atoms with Gasteiger partial charge in [-0.3, -0.25) is 0 Å². The minimum absolute atomic E-state index is 0.0422. The number of hydrogen-bond donors (Lipinski definition) is 0. The van der Waals surface area contributed by atoms with Crippen LogP contribution in [0.5, 0.6) is 0 Å². The minimum Gasteiger partial charge on any atom is -0.456 e. The highest BCUT2D eigenvalue weighted by molar-refractivity contribution is 6.27. The first-order chi connectivity index (χ1) is 24.8. The molecular weight excluding hydrogens is 544 g/mol. The summed E-state index contributed by atoms with van der Waals surface area (Å²) in [6, 6.07) is 35.8. The Labute approximate surface area is 266 Å². The molecular formula is C44H24O. The lowest BCUT2D eigenvalue weighted by atomic mass is 9.89. The average Bonchev–Trinajstić information content (AvgIpc) is 3.57. The maximum atomic E-state index is 9.46. The highest BCUT2D eigenvalue weighted by Gasteiger charge is 2.16. The third-order valence-corrected chi connectivity index (χ3v) is 9.61. The fourth-order valence-electron chi connectivity index (χ4n) is 7.56. The van der Waals surface area contributed by atoms with E-state index < -0.39 is 0 Å². The molecule has 0 saturated heterocycles. The monoisotopic (exact) mass is 574 g/mol. The Morgan fingerprint density at radius 2 is 0.733 bits per heavy atom. The maximum Gasteiger partial charge on any atom is 0.136 e. The lowest BCUT2D eigenvalue weighted by Crippen LogP contribution is -1.87. The third-order valence-electron chi connectivity index (χ3n) is 9.61. The lowest BCUT2D eigenvalue weighted by Gasteiger charge is -2.14. The zero-order valence-corrected chi connectivity index (χ0v) is 23.8. The van der Waals surface area contributed by atoms with E-state index in [-0.39, 0.29) is 69.3 Å². The fourth-order valence-corrected chi connectivity index (χ4v) is 7.56. The molecule has 0 radical (unpaired) electrons. The summed E-state index contributed by atoms with van der Waals surface area (Å²) in [4.78, 5) is 0. The molecule has 0 atom stereocenters. The predicted octanol–water partition coefficient (Wildman–Crippen LogP) is 12.7. The van der Waals surface area contributed by atoms with E-state index in [0.29, 0.717) is 11.1 Å². The quantitative estimate of drug-likeness (QED) is 0.187. The van der Waals surface area contributed by atoms with Crippen LogP contribution in [0, 0.1) is 0 Å². The molecule has 0 unspecified atom stereocenters. The molecule has 206 valence electrons. The van der Waals surface area contributed by atoms with Crippen molar-refractivity contribution in [1.29, 1.82) is 0 Å². The molecule has 0 aliphatic rings. The van der Waals surface area contributed by atoms with Crippen LogP contribution in [0.15, 0.2) is 150 Å². The number of hydrogen-bond acceptors (Lipinski definition) is 1. The summed E-state index contributed by atoms with van der Waals surface area (Å²) in [7, 11) is 0. The van der Waals surface area contributed by atoms with E-state index in [2.05, 4.69) is 60.7 Å². The van der Waals surface area contributed by atoms with Crippen molar-refractivity contribution >= 4 is 86.6 Å². The van der Waals surface area contributed by atoms with Gasteiger partial charge in [-0.1, -0.05) is 121 Å². The van der Waals surface area contributed by atoms with Gasteiger partial charge in [0.1, 0.15) is 11.2 Å². The molecule has 0 saturated carbocycles. The first-order valence-corrected chi connectivity index (χ1v) is 15.1. The Morgan fingerprint density at radius 1 is 0.356 bits per heavy atom. The van der Waals surface area contributed by atoms with Crippen LogP contribution >= 0.6 is 0 Å². The second-order valence-electron chi connectivity index (χ2n) is 11.9. The molecule has 1 heteroatoms. The van der Waals surface area contributed by atoms with E-state index in [0.717, 1.165) is 64.6 Å². The number of rotatable bonds is 2. The molecule has 1 heterocycles. The van der Waals surface area contributed by atoms with Crippen molar-refractivity contribution in [3.63, 3.8) is 0 Å². The molecule has 0 bridgehead atoms. The van der Waals surface area contributed by atoms with Crippen LogP contribution < -0.4 is 0 Å². The van der Waals surface area contributed by atoms with Crippen LogP contribution in [0.4, 0.5) is 0 Å². The molecule has 1 aromatic heterocycles. The highest BCUT2D eigenvalue weighted by atomic mass is 16.3. The van der Waals surface area contributed by atoms with Crippen LogP contribution in [-0.2, 0) is 0 Å². The van der Waals surface area contributed by atoms with Crippen molar-refractivity contribution in [2.24, 2.45) is 0 Å². The minimum atomic E-state index is -0.191. The normalized spacial score (nSPS) is 14.3. The zero-order chi connectivity index (χ0) is 34.4. The van der Waals surface area contributed by atoms with Crippen molar-refractivity contribution < 1.29 is 12.6 Å². The maximum absolute atomic E-state index is 9.46. The predicted molar refractivity (Wildman–Crippen MR) is 192 cm³/mol. The first-order valence-electron chi connectivity index (χ1n) is 18.1. The lowest BCUT2D eigenvalue weighted by molar-refractivity contribution is 0.669. The van der Waals surface area contributed by atoms with Gasteiger partial charge in [-0.2, -0.15) is 0 Å². The molecule has 0 fully saturated rings. The molecule has 11 aromatic rings. The summed E-state index contributed by atoms with van der Waals surface area (Å²) < 4.78 is 62.3. The molecule has 10 aromatic carbocycles. The van der Waals surface area contributed by atoms with Gasteiger partial charge in [0.25, 0.3) is 0 Å². The molecule has 0 aliphatic heterocycles. The molecule has 0 aliphatic carbocycles. The van der Waals surface area contributed by atoms with Gasteiger partial charge in [0.05, 0.1) is 8.22 Å². The van der Waals surface area contributed by atoms with E-state index in [1.54, 1.807) is 0 Å². The standard InChI is InChI=1S/C44H24O/c1-3-25-7-9-29-11-17-33(37-21-13-27(5-1)41(25)43(29)37)31-15-19-35-36-20-16-32(24-40(36)45-39(35)23-31)34-18-12-30-10-8-26-4-2-6-28-14-22-38(34)44(30)42(26)28/h1-24H/i15D,16D,19D,20D,23D,24D. The second kappa shape index (κ2) is 8.37. The van der Waals surface area contributed by atoms with Gasteiger partial charge < -0.3 is 4.42 Å². The largest absolute Gasteiger partial charge is 0.456 e. The smallest absolute Gasteiger partial charge is 0.136 e. The van der Waals surface area contributed by atoms with E-state index in [1.807, 2.05) is 48.5 Å². The Morgan fingerprint density at radius 3 is 1.18 bits per heavy atom. The summed E-state index contributed by atoms with van der Waals surface area (Å²) in [5.41, 5.74) is 1.92. The topological polar surface area (TPSA) is 13.1 Å². The van der Waals surface area contributed by atoms with Gasteiger partial charge in [0.2, 0.25) is 0 Å². The van der Waals surface area contributed by atoms with Crippen LogP contribution in [-0.4, -0.2) is 0 Å². The fraction of sp³-hybridized carbons (Fsp3) is 0. The van der Waals surface area contributed by atoms with Crippen LogP contribution in [0.3, 0.4) is 0 Å². The number of furan rings is 1. The van der Waals surface area contributed by atoms with Crippen molar-refractivity contribution in [2.45, 2.75) is 0 Å². The first kappa shape index (κ1) is 18.7. The molecule has 1 nitrogen and oxygen atoms in total. The summed E-state index contributed by atoms with van der Waals surface area (Å²) in [5, 5.41) is 12.8. The SMILES string of the molecule is [2H]c1c(-c2ccc3ccc4cccc5ccc2c3c45)c([2H])c2oc3c([2H])c(-c4ccc5ccc6cccc7ccc4c5c67)c([2H])c([2H])c3c2c1[2H]. The summed E-state index contributed by atoms with van der Waals surface area (Å²) in [6.45, 7) is 0. The van der Waals surface area contributed by atoms with Gasteiger partial charge >= 0.3 is 0 Å².